The zero-order chi connectivity index (χ0) is 14.8. The summed E-state index contributed by atoms with van der Waals surface area (Å²) in [5.74, 6) is 1.32. The molecule has 0 saturated heterocycles. The van der Waals surface area contributed by atoms with Gasteiger partial charge in [0.25, 0.3) is 0 Å². The molecule has 0 spiro atoms. The minimum absolute atomic E-state index is 0.655. The number of aromatic nitrogens is 3. The molecule has 2 aromatic heterocycles. The first-order chi connectivity index (χ1) is 10.2. The van der Waals surface area contributed by atoms with Crippen LogP contribution in [0.4, 0.5) is 5.69 Å². The Balaban J connectivity index is 1.90. The fourth-order valence-electron chi connectivity index (χ4n) is 2.65. The average molecular weight is 286 g/mol. The Bertz CT molecular complexity index is 646. The van der Waals surface area contributed by atoms with Gasteiger partial charge in [0, 0.05) is 18.5 Å². The summed E-state index contributed by atoms with van der Waals surface area (Å²) in [4.78, 5) is 15.1. The van der Waals surface area contributed by atoms with E-state index in [2.05, 4.69) is 25.9 Å². The molecule has 0 bridgehead atoms. The zero-order valence-electron chi connectivity index (χ0n) is 12.5. The maximum Gasteiger partial charge on any atom is 0.221 e. The van der Waals surface area contributed by atoms with Crippen molar-refractivity contribution in [2.45, 2.75) is 19.9 Å². The molecule has 0 aliphatic carbocycles. The van der Waals surface area contributed by atoms with Gasteiger partial charge in [-0.25, -0.2) is 15.0 Å². The lowest BCUT2D eigenvalue weighted by Crippen LogP contribution is -2.31. The first kappa shape index (κ1) is 13.6. The van der Waals surface area contributed by atoms with E-state index < -0.39 is 0 Å². The molecule has 0 radical (unpaired) electrons. The molecule has 0 saturated carbocycles. The Labute approximate surface area is 123 Å². The first-order valence-electron chi connectivity index (χ1n) is 6.85. The van der Waals surface area contributed by atoms with Crippen molar-refractivity contribution in [2.75, 3.05) is 25.7 Å². The van der Waals surface area contributed by atoms with E-state index in [4.69, 9.17) is 9.47 Å². The third-order valence-electron chi connectivity index (χ3n) is 3.73. The monoisotopic (exact) mass is 286 g/mol. The summed E-state index contributed by atoms with van der Waals surface area (Å²) in [5, 5.41) is 0. The van der Waals surface area contributed by atoms with Crippen molar-refractivity contribution in [1.82, 2.24) is 15.0 Å². The Morgan fingerprint density at radius 2 is 1.90 bits per heavy atom. The molecular weight excluding hydrogens is 268 g/mol. The average Bonchev–Trinajstić information content (AvgIpc) is 2.53. The molecule has 0 fully saturated rings. The van der Waals surface area contributed by atoms with Crippen LogP contribution in [-0.4, -0.2) is 35.7 Å². The van der Waals surface area contributed by atoms with Gasteiger partial charge in [0.15, 0.2) is 0 Å². The van der Waals surface area contributed by atoms with Gasteiger partial charge in [-0.3, -0.25) is 0 Å². The normalized spacial score (nSPS) is 13.8. The van der Waals surface area contributed by atoms with E-state index in [1.807, 2.05) is 13.1 Å². The Morgan fingerprint density at radius 3 is 2.62 bits per heavy atom. The van der Waals surface area contributed by atoms with Gasteiger partial charge in [0.2, 0.25) is 11.8 Å². The van der Waals surface area contributed by atoms with Gasteiger partial charge in [-0.15, -0.1) is 0 Å². The van der Waals surface area contributed by atoms with Crippen LogP contribution in [-0.2, 0) is 13.0 Å². The molecule has 3 heterocycles. The molecule has 0 unspecified atom stereocenters. The number of methoxy groups -OCH3 is 2. The summed E-state index contributed by atoms with van der Waals surface area (Å²) >= 11 is 0. The summed E-state index contributed by atoms with van der Waals surface area (Å²) in [7, 11) is 3.27. The van der Waals surface area contributed by atoms with Crippen molar-refractivity contribution in [2.24, 2.45) is 0 Å². The highest BCUT2D eigenvalue weighted by molar-refractivity contribution is 5.51. The number of rotatable bonds is 3. The number of ether oxygens (including phenoxy) is 2. The van der Waals surface area contributed by atoms with Crippen molar-refractivity contribution < 1.29 is 9.47 Å². The predicted octanol–water partition coefficient (Wildman–Crippen LogP) is 1.76. The first-order valence-corrected chi connectivity index (χ1v) is 6.85. The molecule has 6 heteroatoms. The molecule has 3 rings (SSSR count). The summed E-state index contributed by atoms with van der Waals surface area (Å²) in [6.45, 7) is 3.63. The van der Waals surface area contributed by atoms with Crippen LogP contribution in [0.1, 0.15) is 16.8 Å². The minimum Gasteiger partial charge on any atom is -0.481 e. The molecule has 0 amide bonds. The van der Waals surface area contributed by atoms with Crippen LogP contribution in [0, 0.1) is 6.92 Å². The molecule has 0 N–H and O–H groups in total. The lowest BCUT2D eigenvalue weighted by molar-refractivity contribution is 0.387. The number of nitrogens with zero attached hydrogens (tertiary/aromatic N) is 4. The van der Waals surface area contributed by atoms with Crippen LogP contribution in [0.25, 0.3) is 0 Å². The second-order valence-electron chi connectivity index (χ2n) is 5.00. The van der Waals surface area contributed by atoms with Crippen molar-refractivity contribution in [3.05, 3.63) is 35.4 Å². The number of hydrogen-bond donors (Lipinski definition) is 0. The van der Waals surface area contributed by atoms with Gasteiger partial charge < -0.3 is 14.4 Å². The third kappa shape index (κ3) is 2.49. The Hall–Kier alpha value is -2.37. The van der Waals surface area contributed by atoms with E-state index in [9.17, 15) is 0 Å². The quantitative estimate of drug-likeness (QED) is 0.857. The highest BCUT2D eigenvalue weighted by Gasteiger charge is 2.22. The van der Waals surface area contributed by atoms with E-state index in [0.29, 0.717) is 11.8 Å². The highest BCUT2D eigenvalue weighted by Crippen LogP contribution is 2.29. The van der Waals surface area contributed by atoms with Gasteiger partial charge in [-0.05, 0) is 13.0 Å². The summed E-state index contributed by atoms with van der Waals surface area (Å²) in [6, 6.07) is 2.09. The number of pyridine rings is 1. The van der Waals surface area contributed by atoms with Crippen molar-refractivity contribution in [3.63, 3.8) is 0 Å². The van der Waals surface area contributed by atoms with E-state index in [-0.39, 0.29) is 0 Å². The number of fused-ring (bicyclic) bond motifs is 1. The van der Waals surface area contributed by atoms with Crippen LogP contribution in [0.5, 0.6) is 11.8 Å². The third-order valence-corrected chi connectivity index (χ3v) is 3.73. The second kappa shape index (κ2) is 5.55. The standard InChI is InChI=1S/C15H18N4O2/c1-10-6-11(7-16-14(10)20-2)19-5-4-13-12(8-19)15(21-3)18-9-17-13/h6-7,9H,4-5,8H2,1-3H3. The minimum atomic E-state index is 0.655. The number of aryl methyl sites for hydroxylation is 1. The van der Waals surface area contributed by atoms with Crippen LogP contribution in [0.2, 0.25) is 0 Å². The van der Waals surface area contributed by atoms with Crippen molar-refractivity contribution in [1.29, 1.82) is 0 Å². The van der Waals surface area contributed by atoms with Gasteiger partial charge in [-0.2, -0.15) is 0 Å². The summed E-state index contributed by atoms with van der Waals surface area (Å²) in [6.07, 6.45) is 4.28. The number of anilines is 1. The summed E-state index contributed by atoms with van der Waals surface area (Å²) < 4.78 is 10.6. The second-order valence-corrected chi connectivity index (χ2v) is 5.00. The fourth-order valence-corrected chi connectivity index (χ4v) is 2.65. The van der Waals surface area contributed by atoms with Crippen LogP contribution in [0.3, 0.4) is 0 Å². The lowest BCUT2D eigenvalue weighted by Gasteiger charge is -2.30. The molecular formula is C15H18N4O2. The van der Waals surface area contributed by atoms with Crippen molar-refractivity contribution >= 4 is 5.69 Å². The zero-order valence-corrected chi connectivity index (χ0v) is 12.5. The van der Waals surface area contributed by atoms with E-state index in [0.717, 1.165) is 42.0 Å². The Morgan fingerprint density at radius 1 is 1.10 bits per heavy atom. The molecule has 1 aliphatic rings. The molecule has 0 aromatic carbocycles. The molecule has 110 valence electrons. The topological polar surface area (TPSA) is 60.4 Å². The van der Waals surface area contributed by atoms with Gasteiger partial charge in [0.05, 0.1) is 43.9 Å². The van der Waals surface area contributed by atoms with Gasteiger partial charge >= 0.3 is 0 Å². The van der Waals surface area contributed by atoms with Gasteiger partial charge in [0.1, 0.15) is 6.33 Å². The van der Waals surface area contributed by atoms with Crippen LogP contribution < -0.4 is 14.4 Å². The molecule has 6 nitrogen and oxygen atoms in total. The highest BCUT2D eigenvalue weighted by atomic mass is 16.5. The lowest BCUT2D eigenvalue weighted by atomic mass is 10.1. The fraction of sp³-hybridized carbons (Fsp3) is 0.400. The molecule has 1 aliphatic heterocycles. The Kier molecular flexibility index (Phi) is 3.60. The van der Waals surface area contributed by atoms with Gasteiger partial charge in [-0.1, -0.05) is 0 Å². The summed E-state index contributed by atoms with van der Waals surface area (Å²) in [5.41, 5.74) is 4.22. The predicted molar refractivity (Wildman–Crippen MR) is 78.9 cm³/mol. The molecule has 0 atom stereocenters. The van der Waals surface area contributed by atoms with E-state index >= 15 is 0 Å². The SMILES string of the molecule is COc1ncc(N2CCc3ncnc(OC)c3C2)cc1C. The largest absolute Gasteiger partial charge is 0.481 e. The smallest absolute Gasteiger partial charge is 0.221 e. The van der Waals surface area contributed by atoms with E-state index in [1.54, 1.807) is 20.5 Å². The van der Waals surface area contributed by atoms with E-state index in [1.165, 1.54) is 0 Å². The molecule has 2 aromatic rings. The maximum atomic E-state index is 5.34. The molecule has 21 heavy (non-hydrogen) atoms. The van der Waals surface area contributed by atoms with Crippen LogP contribution in [0.15, 0.2) is 18.6 Å². The maximum absolute atomic E-state index is 5.34. The van der Waals surface area contributed by atoms with Crippen molar-refractivity contribution in [3.8, 4) is 11.8 Å². The van der Waals surface area contributed by atoms with Crippen LogP contribution >= 0.6 is 0 Å². The number of hydrogen-bond acceptors (Lipinski definition) is 6.